The smallest absolute Gasteiger partial charge is 0.319 e. The van der Waals surface area contributed by atoms with E-state index in [1.165, 1.54) is 7.11 Å². The van der Waals surface area contributed by atoms with Gasteiger partial charge in [0.2, 0.25) is 5.91 Å². The second-order valence-electron chi connectivity index (χ2n) is 5.77. The van der Waals surface area contributed by atoms with Crippen molar-refractivity contribution in [1.82, 2.24) is 5.32 Å². The molecule has 25 heavy (non-hydrogen) atoms. The fourth-order valence-corrected chi connectivity index (χ4v) is 2.66. The van der Waals surface area contributed by atoms with Gasteiger partial charge >= 0.3 is 12.0 Å². The molecule has 0 bridgehead atoms. The summed E-state index contributed by atoms with van der Waals surface area (Å²) >= 11 is 0. The van der Waals surface area contributed by atoms with Crippen molar-refractivity contribution in [1.29, 1.82) is 0 Å². The highest BCUT2D eigenvalue weighted by Crippen LogP contribution is 2.33. The van der Waals surface area contributed by atoms with Crippen molar-refractivity contribution in [2.75, 3.05) is 30.4 Å². The molecular formula is C17H23N3O5. The zero-order valence-electron chi connectivity index (χ0n) is 14.2. The number of piperidine rings is 1. The second-order valence-corrected chi connectivity index (χ2v) is 5.77. The van der Waals surface area contributed by atoms with Crippen LogP contribution in [0.5, 0.6) is 5.75 Å². The van der Waals surface area contributed by atoms with Gasteiger partial charge in [-0.05, 0) is 37.5 Å². The maximum absolute atomic E-state index is 12.1. The summed E-state index contributed by atoms with van der Waals surface area (Å²) in [6, 6.07) is 4.68. The van der Waals surface area contributed by atoms with E-state index in [1.54, 1.807) is 23.1 Å². The number of rotatable bonds is 7. The third-order valence-electron chi connectivity index (χ3n) is 3.90. The van der Waals surface area contributed by atoms with Crippen molar-refractivity contribution in [3.05, 3.63) is 18.2 Å². The van der Waals surface area contributed by atoms with Crippen molar-refractivity contribution < 1.29 is 24.2 Å². The van der Waals surface area contributed by atoms with E-state index in [4.69, 9.17) is 9.84 Å². The lowest BCUT2D eigenvalue weighted by molar-refractivity contribution is -0.137. The third kappa shape index (κ3) is 5.37. The lowest BCUT2D eigenvalue weighted by Gasteiger charge is -2.28. The number of carboxylic acids is 1. The summed E-state index contributed by atoms with van der Waals surface area (Å²) in [5.41, 5.74) is 1.17. The summed E-state index contributed by atoms with van der Waals surface area (Å²) in [6.45, 7) is 0.895. The van der Waals surface area contributed by atoms with E-state index in [2.05, 4.69) is 10.6 Å². The first-order valence-electron chi connectivity index (χ1n) is 8.26. The van der Waals surface area contributed by atoms with Gasteiger partial charge < -0.3 is 25.4 Å². The zero-order valence-corrected chi connectivity index (χ0v) is 14.2. The van der Waals surface area contributed by atoms with E-state index >= 15 is 0 Å². The molecule has 1 fully saturated rings. The Hall–Kier alpha value is -2.77. The molecule has 1 heterocycles. The highest BCUT2D eigenvalue weighted by atomic mass is 16.5. The Morgan fingerprint density at radius 2 is 2.12 bits per heavy atom. The number of carboxylic acid groups (broad SMARTS) is 1. The zero-order chi connectivity index (χ0) is 18.2. The van der Waals surface area contributed by atoms with Gasteiger partial charge in [0.1, 0.15) is 5.75 Å². The van der Waals surface area contributed by atoms with Crippen LogP contribution in [0.4, 0.5) is 16.2 Å². The lowest BCUT2D eigenvalue weighted by atomic mass is 10.1. The van der Waals surface area contributed by atoms with Gasteiger partial charge in [-0.1, -0.05) is 0 Å². The lowest BCUT2D eigenvalue weighted by Crippen LogP contribution is -2.35. The Labute approximate surface area is 146 Å². The Morgan fingerprint density at radius 1 is 1.32 bits per heavy atom. The first-order chi connectivity index (χ1) is 12.0. The van der Waals surface area contributed by atoms with Crippen LogP contribution in [0, 0.1) is 0 Å². The minimum absolute atomic E-state index is 0.00400. The minimum Gasteiger partial charge on any atom is -0.495 e. The standard InChI is InChI=1S/C17H23N3O5/c1-25-14-8-7-12(19-17(24)18-9-4-6-16(22)23)11-13(14)20-10-3-2-5-15(20)21/h7-8,11H,2-6,9-10H2,1H3,(H,22,23)(H2,18,19,24). The van der Waals surface area contributed by atoms with Crippen molar-refractivity contribution >= 4 is 29.3 Å². The van der Waals surface area contributed by atoms with Crippen LogP contribution in [0.15, 0.2) is 18.2 Å². The van der Waals surface area contributed by atoms with Crippen LogP contribution in [0.3, 0.4) is 0 Å². The number of carbonyl (C=O) groups is 3. The van der Waals surface area contributed by atoms with E-state index in [-0.39, 0.29) is 18.9 Å². The first kappa shape index (κ1) is 18.6. The summed E-state index contributed by atoms with van der Waals surface area (Å²) in [6.07, 6.45) is 2.68. The molecular weight excluding hydrogens is 326 g/mol. The number of ether oxygens (including phenoxy) is 1. The topological polar surface area (TPSA) is 108 Å². The number of nitrogens with zero attached hydrogens (tertiary/aromatic N) is 1. The number of nitrogens with one attached hydrogen (secondary N) is 2. The summed E-state index contributed by atoms with van der Waals surface area (Å²) in [7, 11) is 1.54. The Bertz CT molecular complexity index is 647. The minimum atomic E-state index is -0.895. The number of amides is 3. The Morgan fingerprint density at radius 3 is 2.80 bits per heavy atom. The second kappa shape index (κ2) is 8.91. The molecule has 3 N–H and O–H groups in total. The number of hydrogen-bond acceptors (Lipinski definition) is 4. The molecule has 1 aliphatic rings. The van der Waals surface area contributed by atoms with Gasteiger partial charge in [0, 0.05) is 31.6 Å². The molecule has 1 saturated heterocycles. The van der Waals surface area contributed by atoms with E-state index in [9.17, 15) is 14.4 Å². The normalized spacial score (nSPS) is 14.1. The molecule has 1 aliphatic heterocycles. The monoisotopic (exact) mass is 349 g/mol. The van der Waals surface area contributed by atoms with Gasteiger partial charge in [-0.25, -0.2) is 4.79 Å². The summed E-state index contributed by atoms with van der Waals surface area (Å²) in [5.74, 6) is -0.282. The summed E-state index contributed by atoms with van der Waals surface area (Å²) < 4.78 is 5.33. The molecule has 2 rings (SSSR count). The van der Waals surface area contributed by atoms with Gasteiger partial charge in [0.25, 0.3) is 0 Å². The average molecular weight is 349 g/mol. The van der Waals surface area contributed by atoms with Crippen molar-refractivity contribution in [3.63, 3.8) is 0 Å². The van der Waals surface area contributed by atoms with Crippen LogP contribution in [0.1, 0.15) is 32.1 Å². The highest BCUT2D eigenvalue weighted by molar-refractivity contribution is 5.97. The van der Waals surface area contributed by atoms with Gasteiger partial charge in [-0.3, -0.25) is 9.59 Å². The van der Waals surface area contributed by atoms with Crippen LogP contribution in [0.25, 0.3) is 0 Å². The largest absolute Gasteiger partial charge is 0.495 e. The molecule has 1 aromatic rings. The summed E-state index contributed by atoms with van der Waals surface area (Å²) in [5, 5.41) is 13.8. The quantitative estimate of drug-likeness (QED) is 0.654. The molecule has 136 valence electrons. The molecule has 0 saturated carbocycles. The van der Waals surface area contributed by atoms with Crippen LogP contribution >= 0.6 is 0 Å². The molecule has 8 nitrogen and oxygen atoms in total. The van der Waals surface area contributed by atoms with Crippen molar-refractivity contribution in [2.24, 2.45) is 0 Å². The predicted molar refractivity (Wildman–Crippen MR) is 93.1 cm³/mol. The first-order valence-corrected chi connectivity index (χ1v) is 8.26. The molecule has 0 unspecified atom stereocenters. The number of hydrogen-bond donors (Lipinski definition) is 3. The summed E-state index contributed by atoms with van der Waals surface area (Å²) in [4.78, 5) is 36.1. The molecule has 1 aromatic carbocycles. The third-order valence-corrected chi connectivity index (χ3v) is 3.90. The Balaban J connectivity index is 2.01. The van der Waals surface area contributed by atoms with E-state index < -0.39 is 12.0 Å². The average Bonchev–Trinajstić information content (AvgIpc) is 2.59. The Kier molecular flexibility index (Phi) is 6.62. The molecule has 0 spiro atoms. The molecule has 0 aromatic heterocycles. The van der Waals surface area contributed by atoms with Crippen molar-refractivity contribution in [2.45, 2.75) is 32.1 Å². The number of carbonyl (C=O) groups excluding carboxylic acids is 2. The maximum atomic E-state index is 12.1. The number of benzene rings is 1. The van der Waals surface area contributed by atoms with Gasteiger partial charge in [-0.2, -0.15) is 0 Å². The maximum Gasteiger partial charge on any atom is 0.319 e. The van der Waals surface area contributed by atoms with Gasteiger partial charge in [0.15, 0.2) is 0 Å². The van der Waals surface area contributed by atoms with Crippen LogP contribution in [0.2, 0.25) is 0 Å². The molecule has 0 atom stereocenters. The fourth-order valence-electron chi connectivity index (χ4n) is 2.66. The van der Waals surface area contributed by atoms with Gasteiger partial charge in [0.05, 0.1) is 12.8 Å². The van der Waals surface area contributed by atoms with Crippen LogP contribution < -0.4 is 20.3 Å². The number of aliphatic carboxylic acids is 1. The SMILES string of the molecule is COc1ccc(NC(=O)NCCCC(=O)O)cc1N1CCCCC1=O. The van der Waals surface area contributed by atoms with E-state index in [0.29, 0.717) is 36.5 Å². The number of urea groups is 1. The molecule has 3 amide bonds. The molecule has 0 aliphatic carbocycles. The number of methoxy groups -OCH3 is 1. The van der Waals surface area contributed by atoms with Gasteiger partial charge in [-0.15, -0.1) is 0 Å². The highest BCUT2D eigenvalue weighted by Gasteiger charge is 2.23. The van der Waals surface area contributed by atoms with E-state index in [1.807, 2.05) is 0 Å². The fraction of sp³-hybridized carbons (Fsp3) is 0.471. The van der Waals surface area contributed by atoms with Crippen LogP contribution in [-0.4, -0.2) is 43.2 Å². The molecule has 0 radical (unpaired) electrons. The van der Waals surface area contributed by atoms with E-state index in [0.717, 1.165) is 12.8 Å². The van der Waals surface area contributed by atoms with Crippen molar-refractivity contribution in [3.8, 4) is 5.75 Å². The predicted octanol–water partition coefficient (Wildman–Crippen LogP) is 2.20. The molecule has 8 heteroatoms. The number of anilines is 2. The van der Waals surface area contributed by atoms with Crippen LogP contribution in [-0.2, 0) is 9.59 Å².